The smallest absolute Gasteiger partial charge is 0.135 e. The van der Waals surface area contributed by atoms with Gasteiger partial charge in [0.25, 0.3) is 0 Å². The number of nitriles is 1. The molecule has 168 valence electrons. The number of anilines is 1. The van der Waals surface area contributed by atoms with E-state index in [2.05, 4.69) is 29.2 Å². The molecule has 6 rings (SSSR count). The number of fused-ring (bicyclic) bond motifs is 1. The number of hydrogen-bond donors (Lipinski definition) is 0. The minimum Gasteiger partial charge on any atom is -0.462 e. The molecule has 0 atom stereocenters. The molecule has 0 spiro atoms. The maximum atomic E-state index is 9.97. The van der Waals surface area contributed by atoms with Crippen LogP contribution in [-0.2, 0) is 17.6 Å². The molecular weight excluding hydrogens is 438 g/mol. The Hall–Kier alpha value is -3.62. The molecule has 1 aromatic heterocycles. The van der Waals surface area contributed by atoms with E-state index < -0.39 is 0 Å². The van der Waals surface area contributed by atoms with Gasteiger partial charge in [-0.15, -0.1) is 11.3 Å². The largest absolute Gasteiger partial charge is 0.462 e. The second-order valence-electron chi connectivity index (χ2n) is 9.05. The summed E-state index contributed by atoms with van der Waals surface area (Å²) in [6.07, 6.45) is 12.8. The third-order valence-electron chi connectivity index (χ3n) is 6.64. The van der Waals surface area contributed by atoms with Gasteiger partial charge in [-0.25, -0.2) is 4.98 Å². The zero-order chi connectivity index (χ0) is 23.1. The first-order valence-corrected chi connectivity index (χ1v) is 12.7. The summed E-state index contributed by atoms with van der Waals surface area (Å²) in [5.41, 5.74) is 7.98. The maximum Gasteiger partial charge on any atom is 0.135 e. The van der Waals surface area contributed by atoms with Crippen molar-refractivity contribution in [3.8, 4) is 6.07 Å². The standard InChI is InChI=1S/C29H25N3OS/c1-19-14-23(25(18-30)29-31-26-8-2-3-9-27(26)34-29)17-24(33-19)11-10-20-15-21-6-4-12-32-13-5-7-22(16-20)28(21)32/h2-3,8-11,14-17H,4-7,12-13H2,1H3/b11-10+,25-23-. The normalized spacial score (nSPS) is 18.8. The van der Waals surface area contributed by atoms with E-state index in [1.165, 1.54) is 48.3 Å². The van der Waals surface area contributed by atoms with Crippen LogP contribution >= 0.6 is 11.3 Å². The molecule has 4 heterocycles. The summed E-state index contributed by atoms with van der Waals surface area (Å²) in [4.78, 5) is 7.26. The number of allylic oxidation sites excluding steroid dienone is 6. The van der Waals surface area contributed by atoms with E-state index in [1.54, 1.807) is 11.3 Å². The van der Waals surface area contributed by atoms with Crippen molar-refractivity contribution in [3.63, 3.8) is 0 Å². The second-order valence-corrected chi connectivity index (χ2v) is 10.1. The molecule has 0 amide bonds. The predicted octanol–water partition coefficient (Wildman–Crippen LogP) is 6.80. The van der Waals surface area contributed by atoms with Crippen molar-refractivity contribution in [1.29, 1.82) is 5.26 Å². The molecule has 0 aliphatic carbocycles. The molecule has 0 saturated heterocycles. The van der Waals surface area contributed by atoms with Crippen LogP contribution in [0.2, 0.25) is 0 Å². The lowest BCUT2D eigenvalue weighted by Gasteiger charge is -2.37. The van der Waals surface area contributed by atoms with Gasteiger partial charge in [0.2, 0.25) is 0 Å². The van der Waals surface area contributed by atoms with Gasteiger partial charge in [-0.2, -0.15) is 5.26 Å². The maximum absolute atomic E-state index is 9.97. The minimum absolute atomic E-state index is 0.577. The van der Waals surface area contributed by atoms with Crippen LogP contribution < -0.4 is 4.90 Å². The highest BCUT2D eigenvalue weighted by atomic mass is 32.1. The fourth-order valence-corrected chi connectivity index (χ4v) is 6.19. The Morgan fingerprint density at radius 2 is 1.85 bits per heavy atom. The van der Waals surface area contributed by atoms with Gasteiger partial charge in [0.15, 0.2) is 0 Å². The van der Waals surface area contributed by atoms with Crippen LogP contribution in [0.3, 0.4) is 0 Å². The first kappa shape index (κ1) is 20.9. The zero-order valence-corrected chi connectivity index (χ0v) is 20.0. The minimum atomic E-state index is 0.577. The number of aryl methyl sites for hydroxylation is 2. The van der Waals surface area contributed by atoms with Crippen molar-refractivity contribution in [2.24, 2.45) is 0 Å². The Morgan fingerprint density at radius 1 is 1.09 bits per heavy atom. The summed E-state index contributed by atoms with van der Waals surface area (Å²) in [6, 6.07) is 15.0. The lowest BCUT2D eigenvalue weighted by Crippen LogP contribution is -2.34. The highest BCUT2D eigenvalue weighted by Crippen LogP contribution is 2.37. The highest BCUT2D eigenvalue weighted by molar-refractivity contribution is 7.19. The van der Waals surface area contributed by atoms with Crippen LogP contribution in [0, 0.1) is 11.3 Å². The molecular formula is C29H25N3OS. The Kier molecular flexibility index (Phi) is 5.31. The van der Waals surface area contributed by atoms with E-state index in [9.17, 15) is 5.26 Å². The summed E-state index contributed by atoms with van der Waals surface area (Å²) < 4.78 is 7.07. The fourth-order valence-electron chi connectivity index (χ4n) is 5.21. The molecule has 0 radical (unpaired) electrons. The SMILES string of the molecule is CC1=C/C(=C(\C#N)c2nc3ccccc3s2)C=C(/C=C/c2cc3c4c(c2)CCCN4CCC3)O1. The van der Waals surface area contributed by atoms with E-state index in [0.29, 0.717) is 5.57 Å². The second kappa shape index (κ2) is 8.62. The monoisotopic (exact) mass is 463 g/mol. The highest BCUT2D eigenvalue weighted by Gasteiger charge is 2.24. The quantitative estimate of drug-likeness (QED) is 0.401. The van der Waals surface area contributed by atoms with Gasteiger partial charge in [0.1, 0.15) is 22.6 Å². The molecule has 3 aromatic rings. The number of ether oxygens (including phenoxy) is 1. The Bertz CT molecular complexity index is 1400. The number of rotatable bonds is 3. The van der Waals surface area contributed by atoms with Gasteiger partial charge >= 0.3 is 0 Å². The Balaban J connectivity index is 1.35. The summed E-state index contributed by atoms with van der Waals surface area (Å²) in [5, 5.41) is 10.7. The Morgan fingerprint density at radius 3 is 2.59 bits per heavy atom. The number of aromatic nitrogens is 1. The topological polar surface area (TPSA) is 49.2 Å². The van der Waals surface area contributed by atoms with Crippen molar-refractivity contribution >= 4 is 38.9 Å². The van der Waals surface area contributed by atoms with Crippen LogP contribution in [0.4, 0.5) is 5.69 Å². The fraction of sp³-hybridized carbons (Fsp3) is 0.241. The van der Waals surface area contributed by atoms with Crippen molar-refractivity contribution in [2.45, 2.75) is 32.6 Å². The number of thiazole rings is 1. The van der Waals surface area contributed by atoms with Gasteiger partial charge in [-0.3, -0.25) is 0 Å². The first-order chi connectivity index (χ1) is 16.7. The molecule has 0 bridgehead atoms. The Labute approximate surface area is 203 Å². The van der Waals surface area contributed by atoms with Crippen LogP contribution in [0.1, 0.15) is 41.5 Å². The van der Waals surface area contributed by atoms with Gasteiger partial charge in [0.05, 0.1) is 15.8 Å². The molecule has 3 aliphatic heterocycles. The lowest BCUT2D eigenvalue weighted by atomic mass is 9.90. The summed E-state index contributed by atoms with van der Waals surface area (Å²) in [5.74, 6) is 1.50. The van der Waals surface area contributed by atoms with Gasteiger partial charge in [-0.1, -0.05) is 18.2 Å². The van der Waals surface area contributed by atoms with Crippen molar-refractivity contribution in [2.75, 3.05) is 18.0 Å². The number of nitrogens with zero attached hydrogens (tertiary/aromatic N) is 3. The lowest BCUT2D eigenvalue weighted by molar-refractivity contribution is 0.318. The molecule has 2 aromatic carbocycles. The average molecular weight is 464 g/mol. The van der Waals surface area contributed by atoms with E-state index >= 15 is 0 Å². The molecule has 4 nitrogen and oxygen atoms in total. The third-order valence-corrected chi connectivity index (χ3v) is 7.69. The van der Waals surface area contributed by atoms with E-state index in [1.807, 2.05) is 49.4 Å². The number of para-hydroxylation sites is 1. The molecule has 34 heavy (non-hydrogen) atoms. The zero-order valence-electron chi connectivity index (χ0n) is 19.2. The molecule has 0 saturated carbocycles. The van der Waals surface area contributed by atoms with E-state index in [-0.39, 0.29) is 0 Å². The van der Waals surface area contributed by atoms with Crippen LogP contribution in [-0.4, -0.2) is 18.1 Å². The molecule has 3 aliphatic rings. The van der Waals surface area contributed by atoms with Crippen molar-refractivity contribution in [3.05, 3.63) is 93.4 Å². The van der Waals surface area contributed by atoms with Crippen LogP contribution in [0.15, 0.2) is 71.7 Å². The molecule has 0 unspecified atom stereocenters. The van der Waals surface area contributed by atoms with E-state index in [0.717, 1.165) is 45.2 Å². The first-order valence-electron chi connectivity index (χ1n) is 11.8. The number of benzene rings is 2. The summed E-state index contributed by atoms with van der Waals surface area (Å²) in [6.45, 7) is 4.30. The van der Waals surface area contributed by atoms with E-state index in [4.69, 9.17) is 9.72 Å². The van der Waals surface area contributed by atoms with Crippen LogP contribution in [0.25, 0.3) is 21.9 Å². The van der Waals surface area contributed by atoms with Gasteiger partial charge in [0, 0.05) is 24.4 Å². The third kappa shape index (κ3) is 3.85. The van der Waals surface area contributed by atoms with Crippen LogP contribution in [0.5, 0.6) is 0 Å². The van der Waals surface area contributed by atoms with Crippen molar-refractivity contribution in [1.82, 2.24) is 4.98 Å². The average Bonchev–Trinajstić information content (AvgIpc) is 3.27. The molecule has 5 heteroatoms. The predicted molar refractivity (Wildman–Crippen MR) is 139 cm³/mol. The molecule has 0 N–H and O–H groups in total. The van der Waals surface area contributed by atoms with Gasteiger partial charge in [-0.05, 0) is 91.8 Å². The summed E-state index contributed by atoms with van der Waals surface area (Å²) >= 11 is 1.55. The van der Waals surface area contributed by atoms with Gasteiger partial charge < -0.3 is 9.64 Å². The summed E-state index contributed by atoms with van der Waals surface area (Å²) in [7, 11) is 0. The number of hydrogen-bond acceptors (Lipinski definition) is 5. The van der Waals surface area contributed by atoms with Crippen molar-refractivity contribution < 1.29 is 4.74 Å². The molecule has 0 fully saturated rings.